The van der Waals surface area contributed by atoms with Gasteiger partial charge in [-0.2, -0.15) is 0 Å². The average Bonchev–Trinajstić information content (AvgIpc) is 3.37. The van der Waals surface area contributed by atoms with E-state index in [9.17, 15) is 14.4 Å². The second-order valence-electron chi connectivity index (χ2n) is 7.72. The van der Waals surface area contributed by atoms with Gasteiger partial charge in [0.15, 0.2) is 5.13 Å². The smallest absolute Gasteiger partial charge is 0.413 e. The van der Waals surface area contributed by atoms with E-state index in [-0.39, 0.29) is 29.1 Å². The summed E-state index contributed by atoms with van der Waals surface area (Å²) in [5.41, 5.74) is 6.86. The van der Waals surface area contributed by atoms with Crippen LogP contribution in [0.5, 0.6) is 0 Å². The molecule has 1 aromatic heterocycles. The van der Waals surface area contributed by atoms with Crippen LogP contribution in [0.15, 0.2) is 48.5 Å². The van der Waals surface area contributed by atoms with Gasteiger partial charge in [-0.3, -0.25) is 14.9 Å². The number of methoxy groups -OCH3 is 1. The number of carbonyl (C=O) groups is 3. The van der Waals surface area contributed by atoms with E-state index in [1.807, 2.05) is 36.4 Å². The predicted octanol–water partition coefficient (Wildman–Crippen LogP) is 3.57. The maximum atomic E-state index is 12.5. The molecule has 0 saturated heterocycles. The third-order valence-electron chi connectivity index (χ3n) is 5.44. The number of rotatable bonds is 9. The second kappa shape index (κ2) is 10.6. The number of nitrogens with one attached hydrogen (secondary N) is 2. The molecule has 2 aromatic carbocycles. The van der Waals surface area contributed by atoms with Gasteiger partial charge < -0.3 is 14.6 Å². The summed E-state index contributed by atoms with van der Waals surface area (Å²) in [5, 5.41) is 11.8. The zero-order valence-corrected chi connectivity index (χ0v) is 19.8. The molecule has 1 atom stereocenters. The number of anilines is 1. The van der Waals surface area contributed by atoms with Crippen LogP contribution >= 0.6 is 11.3 Å². The first-order valence-electron chi connectivity index (χ1n) is 10.7. The summed E-state index contributed by atoms with van der Waals surface area (Å²) in [6.45, 7) is 1.48. The number of ether oxygens (including phenoxy) is 2. The monoisotopic (exact) mass is 497 g/mol. The maximum Gasteiger partial charge on any atom is 0.413 e. The minimum absolute atomic E-state index is 0.0843. The van der Waals surface area contributed by atoms with Crippen LogP contribution in [0.4, 0.5) is 9.93 Å². The van der Waals surface area contributed by atoms with E-state index < -0.39 is 24.1 Å². The fourth-order valence-corrected chi connectivity index (χ4v) is 4.70. The molecule has 1 unspecified atom stereocenters. The number of carboxylic acid groups (broad SMARTS) is 1. The summed E-state index contributed by atoms with van der Waals surface area (Å²) in [4.78, 5) is 45.2. The number of aromatic nitrogens is 1. The molecule has 0 bridgehead atoms. The van der Waals surface area contributed by atoms with Crippen LogP contribution < -0.4 is 10.8 Å². The van der Waals surface area contributed by atoms with Crippen molar-refractivity contribution >= 4 is 34.4 Å². The van der Waals surface area contributed by atoms with Crippen molar-refractivity contribution in [3.8, 4) is 11.1 Å². The number of carbonyl (C=O) groups excluding carboxylic acids is 2. The number of thiazole rings is 1. The number of aliphatic carboxylic acids is 1. The lowest BCUT2D eigenvalue weighted by atomic mass is 9.98. The number of benzene rings is 2. The highest BCUT2D eigenvalue weighted by atomic mass is 32.1. The van der Waals surface area contributed by atoms with E-state index in [1.165, 1.54) is 7.11 Å². The lowest BCUT2D eigenvalue weighted by molar-refractivity contribution is -0.158. The predicted molar refractivity (Wildman–Crippen MR) is 127 cm³/mol. The number of fused-ring (bicyclic) bond motifs is 3. The molecule has 3 N–H and O–H groups in total. The van der Waals surface area contributed by atoms with Gasteiger partial charge in [-0.25, -0.2) is 20.1 Å². The molecule has 3 aromatic rings. The Hall–Kier alpha value is -3.80. The zero-order chi connectivity index (χ0) is 24.9. The highest BCUT2D eigenvalue weighted by Crippen LogP contribution is 2.44. The first-order chi connectivity index (χ1) is 16.9. The number of aryl methyl sites for hydroxylation is 1. The molecule has 0 spiro atoms. The number of hydroxylamine groups is 1. The molecular weight excluding hydrogens is 474 g/mol. The molecule has 0 fully saturated rings. The lowest BCUT2D eigenvalue weighted by Crippen LogP contribution is -2.37. The number of hydrogen-bond donors (Lipinski definition) is 3. The third-order valence-corrected chi connectivity index (χ3v) is 6.51. The van der Waals surface area contributed by atoms with Crippen LogP contribution in [0.2, 0.25) is 0 Å². The van der Waals surface area contributed by atoms with Crippen molar-refractivity contribution in [2.24, 2.45) is 0 Å². The van der Waals surface area contributed by atoms with E-state index in [1.54, 1.807) is 6.92 Å². The summed E-state index contributed by atoms with van der Waals surface area (Å²) >= 11 is 0.911. The minimum Gasteiger partial charge on any atom is -0.479 e. The Labute approximate surface area is 204 Å². The van der Waals surface area contributed by atoms with E-state index >= 15 is 0 Å². The zero-order valence-electron chi connectivity index (χ0n) is 18.9. The molecule has 11 heteroatoms. The van der Waals surface area contributed by atoms with Crippen LogP contribution in [0, 0.1) is 6.92 Å². The number of nitrogens with zero attached hydrogens (tertiary/aromatic N) is 1. The molecule has 4 rings (SSSR count). The lowest BCUT2D eigenvalue weighted by Gasteiger charge is -2.14. The van der Waals surface area contributed by atoms with Gasteiger partial charge in [-0.05, 0) is 29.2 Å². The van der Waals surface area contributed by atoms with Crippen molar-refractivity contribution < 1.29 is 33.8 Å². The van der Waals surface area contributed by atoms with Gasteiger partial charge in [0.1, 0.15) is 11.5 Å². The van der Waals surface area contributed by atoms with Crippen molar-refractivity contribution in [1.82, 2.24) is 10.5 Å². The van der Waals surface area contributed by atoms with Crippen molar-refractivity contribution in [1.29, 1.82) is 0 Å². The molecule has 1 aliphatic carbocycles. The average molecular weight is 498 g/mol. The van der Waals surface area contributed by atoms with Gasteiger partial charge in [0.05, 0.1) is 12.3 Å². The summed E-state index contributed by atoms with van der Waals surface area (Å²) in [6.07, 6.45) is -2.06. The molecule has 1 heterocycles. The largest absolute Gasteiger partial charge is 0.479 e. The Bertz CT molecular complexity index is 1210. The topological polar surface area (TPSA) is 136 Å². The highest BCUT2D eigenvalue weighted by molar-refractivity contribution is 7.17. The van der Waals surface area contributed by atoms with Crippen molar-refractivity contribution in [2.45, 2.75) is 18.9 Å². The van der Waals surface area contributed by atoms with Gasteiger partial charge in [0, 0.05) is 13.0 Å². The Morgan fingerprint density at radius 3 is 2.31 bits per heavy atom. The van der Waals surface area contributed by atoms with Crippen molar-refractivity contribution in [3.63, 3.8) is 0 Å². The maximum absolute atomic E-state index is 12.5. The third kappa shape index (κ3) is 5.32. The first-order valence-corrected chi connectivity index (χ1v) is 11.5. The molecular formula is C24H23N3O7S. The molecule has 2 amide bonds. The van der Waals surface area contributed by atoms with Crippen LogP contribution in [0.1, 0.15) is 32.4 Å². The SMILES string of the molecule is COCC(ONC(=O)c1sc(NC(=O)OCC2c3ccccc3-c3ccccc32)nc1C)C(=O)O. The van der Waals surface area contributed by atoms with E-state index in [4.69, 9.17) is 19.4 Å². The standard InChI is InChI=1S/C24H23N3O7S/c1-13-20(21(28)27-34-19(12-32-2)22(29)30)35-23(25-13)26-24(31)33-11-18-16-9-5-3-7-14(16)15-8-4-6-10-17(15)18/h3-10,18-19H,11-12H2,1-2H3,(H,27,28)(H,29,30)(H,25,26,31). The van der Waals surface area contributed by atoms with E-state index in [0.29, 0.717) is 5.69 Å². The Morgan fingerprint density at radius 2 is 1.71 bits per heavy atom. The van der Waals surface area contributed by atoms with Gasteiger partial charge in [-0.15, -0.1) is 0 Å². The van der Waals surface area contributed by atoms with Crippen LogP contribution in [0.3, 0.4) is 0 Å². The second-order valence-corrected chi connectivity index (χ2v) is 8.71. The quantitative estimate of drug-likeness (QED) is 0.382. The summed E-state index contributed by atoms with van der Waals surface area (Å²) < 4.78 is 10.2. The van der Waals surface area contributed by atoms with Gasteiger partial charge >= 0.3 is 12.1 Å². The molecule has 10 nitrogen and oxygen atoms in total. The highest BCUT2D eigenvalue weighted by Gasteiger charge is 2.29. The summed E-state index contributed by atoms with van der Waals surface area (Å²) in [5.74, 6) is -2.06. The molecule has 182 valence electrons. The summed E-state index contributed by atoms with van der Waals surface area (Å²) in [7, 11) is 1.32. The van der Waals surface area contributed by atoms with Crippen LogP contribution in [-0.4, -0.2) is 54.5 Å². The van der Waals surface area contributed by atoms with Crippen molar-refractivity contribution in [3.05, 3.63) is 70.2 Å². The number of hydrogen-bond acceptors (Lipinski definition) is 8. The van der Waals surface area contributed by atoms with Gasteiger partial charge in [0.2, 0.25) is 6.10 Å². The number of carboxylic acids is 1. The van der Waals surface area contributed by atoms with Gasteiger partial charge in [0.25, 0.3) is 5.91 Å². The van der Waals surface area contributed by atoms with E-state index in [0.717, 1.165) is 33.6 Å². The van der Waals surface area contributed by atoms with E-state index in [2.05, 4.69) is 27.9 Å². The molecule has 1 aliphatic rings. The summed E-state index contributed by atoms with van der Waals surface area (Å²) in [6, 6.07) is 16.0. The fraction of sp³-hybridized carbons (Fsp3) is 0.250. The molecule has 0 aliphatic heterocycles. The van der Waals surface area contributed by atoms with Crippen molar-refractivity contribution in [2.75, 3.05) is 25.6 Å². The number of amides is 2. The van der Waals surface area contributed by atoms with Gasteiger partial charge in [-0.1, -0.05) is 59.9 Å². The minimum atomic E-state index is -1.37. The van der Waals surface area contributed by atoms with Crippen LogP contribution in [0.25, 0.3) is 11.1 Å². The molecule has 35 heavy (non-hydrogen) atoms. The normalized spacial score (nSPS) is 13.0. The molecule has 0 saturated carbocycles. The Morgan fingerprint density at radius 1 is 1.09 bits per heavy atom. The fourth-order valence-electron chi connectivity index (χ4n) is 3.86. The first kappa shape index (κ1) is 24.3. The Balaban J connectivity index is 1.36. The Kier molecular flexibility index (Phi) is 7.39. The molecule has 0 radical (unpaired) electrons. The van der Waals surface area contributed by atoms with Crippen LogP contribution in [-0.2, 0) is 19.1 Å².